The van der Waals surface area contributed by atoms with Gasteiger partial charge >= 0.3 is 0 Å². The van der Waals surface area contributed by atoms with Gasteiger partial charge in [-0.05, 0) is 93.9 Å². The standard InChI is InChI=1S/C53H76N14O10/c1-30-11-3-4-12-32(30)26-43-45(71)27-33(13-9-23-60-52(56)57)44(70)28-34(25-35-29-62-38-16-8-6-15-37(35)38)48(74)64-39(47(55)73)17-7-5-14-36(69)19-20-41(50(76)66-42(51(77)67-43)21-22-46(54)72)65-49(75)40(63-31(2)68)18-10-24-61-53(58)59/h3-4,6,8,11-12,15-16,29,33-34,39-43,62H,5,7,9-10,13-14,17-28H2,1-2H3,(H2,54,72)(H2,55,73)(H,63,68)(H,64,74)(H,65,75)(H,66,76)(H,67,77)(H4,56,57,60)(H4,58,59,61)/t33-,34-,39+,40+,41+,42+,43-/m1/s1. The fraction of sp³-hybridized carbons (Fsp3) is 0.509. The SMILES string of the molecule is CC(=O)N[C@@H](CCCN=C(N)N)C(=O)N[C@H]1CCC(=O)CCCC[C@@H](C(N)=O)NC(=O)[C@H](Cc2c[nH]c3ccccc23)CC(=O)[C@H](CCCN=C(N)N)CC(=O)[C@@H](Cc2ccccc2C)NC(=O)[C@H](CCC(N)=O)NC1=O. The zero-order chi connectivity index (χ0) is 56.6. The van der Waals surface area contributed by atoms with Crippen molar-refractivity contribution in [2.75, 3.05) is 13.1 Å². The highest BCUT2D eigenvalue weighted by Crippen LogP contribution is 2.27. The van der Waals surface area contributed by atoms with E-state index in [-0.39, 0.29) is 121 Å². The van der Waals surface area contributed by atoms with Gasteiger partial charge in [0.15, 0.2) is 17.7 Å². The van der Waals surface area contributed by atoms with Crippen LogP contribution < -0.4 is 61.0 Å². The van der Waals surface area contributed by atoms with Gasteiger partial charge in [0.05, 0.1) is 6.04 Å². The first kappa shape index (κ1) is 61.4. The van der Waals surface area contributed by atoms with Crippen LogP contribution in [0.5, 0.6) is 0 Å². The molecule has 1 fully saturated rings. The predicted octanol–water partition coefficient (Wildman–Crippen LogP) is -0.362. The van der Waals surface area contributed by atoms with Crippen molar-refractivity contribution in [1.29, 1.82) is 0 Å². The first-order valence-electron chi connectivity index (χ1n) is 25.9. The third-order valence-electron chi connectivity index (χ3n) is 13.4. The number of aryl methyl sites for hydroxylation is 1. The molecule has 418 valence electrons. The molecule has 7 atom stereocenters. The van der Waals surface area contributed by atoms with Crippen LogP contribution in [0.1, 0.15) is 114 Å². The number of primary amides is 2. The third kappa shape index (κ3) is 21.2. The summed E-state index contributed by atoms with van der Waals surface area (Å²) in [5.74, 6) is -9.37. The lowest BCUT2D eigenvalue weighted by Crippen LogP contribution is -2.58. The van der Waals surface area contributed by atoms with Gasteiger partial charge in [0, 0.05) is 81.1 Å². The van der Waals surface area contributed by atoms with E-state index < -0.39 is 108 Å². The van der Waals surface area contributed by atoms with E-state index in [1.54, 1.807) is 24.4 Å². The highest BCUT2D eigenvalue weighted by Gasteiger charge is 2.35. The highest BCUT2D eigenvalue weighted by molar-refractivity contribution is 5.98. The zero-order valence-corrected chi connectivity index (χ0v) is 43.9. The molecule has 24 heteroatoms. The van der Waals surface area contributed by atoms with E-state index in [2.05, 4.69) is 41.6 Å². The predicted molar refractivity (Wildman–Crippen MR) is 289 cm³/mol. The van der Waals surface area contributed by atoms with Gasteiger partial charge in [-0.25, -0.2) is 0 Å². The van der Waals surface area contributed by atoms with Gasteiger partial charge in [0.2, 0.25) is 41.4 Å². The molecule has 0 saturated carbocycles. The number of carbonyl (C=O) groups excluding carboxylic acids is 10. The topological polar surface area (TPSA) is 427 Å². The number of hydrogen-bond acceptors (Lipinski definition) is 12. The van der Waals surface area contributed by atoms with Crippen LogP contribution >= 0.6 is 0 Å². The van der Waals surface area contributed by atoms with E-state index >= 15 is 0 Å². The number of aromatic amines is 1. The molecule has 2 heterocycles. The van der Waals surface area contributed by atoms with Gasteiger partial charge in [-0.3, -0.25) is 57.9 Å². The number of benzene rings is 2. The molecule has 0 bridgehead atoms. The average Bonchev–Trinajstić information content (AvgIpc) is 3.79. The fourth-order valence-electron chi connectivity index (χ4n) is 9.18. The molecule has 18 N–H and O–H groups in total. The molecule has 3 aromatic rings. The van der Waals surface area contributed by atoms with Gasteiger partial charge in [-0.1, -0.05) is 48.9 Å². The summed E-state index contributed by atoms with van der Waals surface area (Å²) in [4.78, 5) is 149. The molecule has 0 aliphatic carbocycles. The van der Waals surface area contributed by atoms with Crippen molar-refractivity contribution in [2.24, 2.45) is 56.2 Å². The Morgan fingerprint density at radius 2 is 1.35 bits per heavy atom. The first-order chi connectivity index (χ1) is 36.6. The third-order valence-corrected chi connectivity index (χ3v) is 13.4. The Morgan fingerprint density at radius 1 is 0.688 bits per heavy atom. The number of nitrogens with two attached hydrogens (primary N) is 6. The Hall–Kier alpha value is -8.18. The number of nitrogens with zero attached hydrogens (tertiary/aromatic N) is 2. The lowest BCUT2D eigenvalue weighted by molar-refractivity contribution is -0.136. The van der Waals surface area contributed by atoms with E-state index in [9.17, 15) is 47.9 Å². The van der Waals surface area contributed by atoms with Gasteiger partial charge in [0.1, 0.15) is 35.7 Å². The number of para-hydroxylation sites is 1. The number of hydrogen-bond donors (Lipinski definition) is 12. The Balaban J connectivity index is 1.80. The highest BCUT2D eigenvalue weighted by atomic mass is 16.2. The van der Waals surface area contributed by atoms with Crippen LogP contribution in [0.2, 0.25) is 0 Å². The van der Waals surface area contributed by atoms with Gasteiger partial charge < -0.3 is 66.0 Å². The molecule has 1 aromatic heterocycles. The first-order valence-corrected chi connectivity index (χ1v) is 25.9. The number of fused-ring (bicyclic) bond motifs is 1. The minimum absolute atomic E-state index is 0.0365. The van der Waals surface area contributed by atoms with E-state index in [1.807, 2.05) is 37.3 Å². The molecule has 1 aliphatic rings. The largest absolute Gasteiger partial charge is 0.370 e. The van der Waals surface area contributed by atoms with Gasteiger partial charge in [-0.2, -0.15) is 0 Å². The van der Waals surface area contributed by atoms with Crippen molar-refractivity contribution in [1.82, 2.24) is 31.6 Å². The maximum atomic E-state index is 14.9. The van der Waals surface area contributed by atoms with Gasteiger partial charge in [0.25, 0.3) is 0 Å². The zero-order valence-electron chi connectivity index (χ0n) is 43.9. The lowest BCUT2D eigenvalue weighted by Gasteiger charge is -2.27. The molecular formula is C53H76N14O10. The number of guanidine groups is 2. The Morgan fingerprint density at radius 3 is 2.03 bits per heavy atom. The summed E-state index contributed by atoms with van der Waals surface area (Å²) >= 11 is 0. The second kappa shape index (κ2) is 31.0. The van der Waals surface area contributed by atoms with E-state index in [0.29, 0.717) is 11.1 Å². The van der Waals surface area contributed by atoms with E-state index in [1.165, 1.54) is 6.92 Å². The second-order valence-electron chi connectivity index (χ2n) is 19.6. The van der Waals surface area contributed by atoms with Crippen molar-refractivity contribution in [3.05, 3.63) is 71.4 Å². The van der Waals surface area contributed by atoms with Crippen LogP contribution in [0.3, 0.4) is 0 Å². The molecule has 7 amide bonds. The second-order valence-corrected chi connectivity index (χ2v) is 19.6. The van der Waals surface area contributed by atoms with E-state index in [4.69, 9.17) is 34.4 Å². The Labute approximate surface area is 447 Å². The average molecular weight is 1070 g/mol. The minimum Gasteiger partial charge on any atom is -0.370 e. The van der Waals surface area contributed by atoms with Crippen LogP contribution in [0.15, 0.2) is 64.7 Å². The normalized spacial score (nSPS) is 21.1. The molecule has 77 heavy (non-hydrogen) atoms. The number of carbonyl (C=O) groups is 10. The summed E-state index contributed by atoms with van der Waals surface area (Å²) in [6.45, 7) is 3.23. The Kier molecular flexibility index (Phi) is 24.7. The molecule has 1 saturated heterocycles. The molecular weight excluding hydrogens is 993 g/mol. The van der Waals surface area contributed by atoms with Crippen molar-refractivity contribution in [3.8, 4) is 0 Å². The quantitative estimate of drug-likeness (QED) is 0.0415. The summed E-state index contributed by atoms with van der Waals surface area (Å²) < 4.78 is 0. The summed E-state index contributed by atoms with van der Waals surface area (Å²) in [6, 6.07) is 7.78. The summed E-state index contributed by atoms with van der Waals surface area (Å²) in [5, 5.41) is 14.1. The molecule has 4 rings (SSSR count). The maximum absolute atomic E-state index is 14.9. The van der Waals surface area contributed by atoms with Gasteiger partial charge in [-0.15, -0.1) is 0 Å². The number of amides is 7. The number of nitrogens with one attached hydrogen (secondary N) is 6. The van der Waals surface area contributed by atoms with Crippen LogP contribution in [-0.4, -0.2) is 119 Å². The molecule has 0 unspecified atom stereocenters. The van der Waals surface area contributed by atoms with Crippen molar-refractivity contribution < 1.29 is 47.9 Å². The van der Waals surface area contributed by atoms with Crippen LogP contribution in [0, 0.1) is 18.8 Å². The molecule has 24 nitrogen and oxygen atoms in total. The lowest BCUT2D eigenvalue weighted by atomic mass is 9.83. The van der Waals surface area contributed by atoms with Crippen LogP contribution in [0.25, 0.3) is 10.9 Å². The van der Waals surface area contributed by atoms with E-state index in [0.717, 1.165) is 16.5 Å². The summed E-state index contributed by atoms with van der Waals surface area (Å²) in [7, 11) is 0. The number of ketones is 3. The Bertz CT molecular complexity index is 2640. The number of aromatic nitrogens is 1. The number of Topliss-reactive ketones (excluding diaryl/α,β-unsaturated/α-hetero) is 3. The monoisotopic (exact) mass is 1070 g/mol. The summed E-state index contributed by atoms with van der Waals surface area (Å²) in [5.41, 5.74) is 36.4. The number of H-pyrrole nitrogens is 1. The maximum Gasteiger partial charge on any atom is 0.243 e. The fourth-order valence-corrected chi connectivity index (χ4v) is 9.18. The van der Waals surface area contributed by atoms with Crippen LogP contribution in [-0.2, 0) is 60.8 Å². The summed E-state index contributed by atoms with van der Waals surface area (Å²) in [6.07, 6.45) is 0.689. The molecule has 2 aromatic carbocycles. The van der Waals surface area contributed by atoms with Crippen molar-refractivity contribution in [3.63, 3.8) is 0 Å². The smallest absolute Gasteiger partial charge is 0.243 e. The minimum atomic E-state index is -1.54. The van der Waals surface area contributed by atoms with Crippen molar-refractivity contribution >= 4 is 81.5 Å². The molecule has 0 radical (unpaired) electrons. The number of aliphatic imine (C=N–C) groups is 2. The van der Waals surface area contributed by atoms with Crippen LogP contribution in [0.4, 0.5) is 0 Å². The molecule has 0 spiro atoms. The number of rotatable bonds is 19. The molecule has 1 aliphatic heterocycles. The van der Waals surface area contributed by atoms with Crippen molar-refractivity contribution in [2.45, 2.75) is 147 Å².